The molecule has 0 aliphatic carbocycles. The number of nitriles is 1. The second kappa shape index (κ2) is 6.88. The quantitative estimate of drug-likeness (QED) is 0.876. The third kappa shape index (κ3) is 3.46. The van der Waals surface area contributed by atoms with Crippen molar-refractivity contribution in [3.63, 3.8) is 0 Å². The lowest BCUT2D eigenvalue weighted by atomic mass is 10.1. The van der Waals surface area contributed by atoms with Crippen LogP contribution in [0.2, 0.25) is 0 Å². The SMILES string of the molecule is CCNC(CC)c1ccn(Cc2ccnc(C#N)c2)c1. The van der Waals surface area contributed by atoms with E-state index in [1.165, 1.54) is 5.56 Å². The fourth-order valence-electron chi connectivity index (χ4n) is 2.35. The maximum Gasteiger partial charge on any atom is 0.140 e. The molecule has 1 N–H and O–H groups in total. The van der Waals surface area contributed by atoms with Crippen molar-refractivity contribution in [3.8, 4) is 6.07 Å². The van der Waals surface area contributed by atoms with Crippen LogP contribution in [0, 0.1) is 11.3 Å². The second-order valence-corrected chi connectivity index (χ2v) is 4.80. The van der Waals surface area contributed by atoms with Gasteiger partial charge in [-0.05, 0) is 42.3 Å². The van der Waals surface area contributed by atoms with Crippen LogP contribution in [-0.2, 0) is 6.54 Å². The van der Waals surface area contributed by atoms with Gasteiger partial charge in [0.2, 0.25) is 0 Å². The topological polar surface area (TPSA) is 53.6 Å². The highest BCUT2D eigenvalue weighted by atomic mass is 15.0. The van der Waals surface area contributed by atoms with Crippen molar-refractivity contribution in [2.45, 2.75) is 32.9 Å². The Balaban J connectivity index is 2.11. The first-order chi connectivity index (χ1) is 9.76. The molecular weight excluding hydrogens is 248 g/mol. The van der Waals surface area contributed by atoms with Gasteiger partial charge < -0.3 is 9.88 Å². The highest BCUT2D eigenvalue weighted by Gasteiger charge is 2.09. The van der Waals surface area contributed by atoms with Crippen LogP contribution in [0.3, 0.4) is 0 Å². The molecule has 0 saturated carbocycles. The van der Waals surface area contributed by atoms with Crippen LogP contribution in [0.5, 0.6) is 0 Å². The molecule has 0 fully saturated rings. The molecule has 104 valence electrons. The summed E-state index contributed by atoms with van der Waals surface area (Å²) in [4.78, 5) is 3.99. The molecule has 0 amide bonds. The fraction of sp³-hybridized carbons (Fsp3) is 0.375. The molecule has 0 spiro atoms. The number of pyridine rings is 1. The molecule has 0 saturated heterocycles. The van der Waals surface area contributed by atoms with E-state index in [-0.39, 0.29) is 0 Å². The molecule has 0 radical (unpaired) electrons. The summed E-state index contributed by atoms with van der Waals surface area (Å²) in [5.74, 6) is 0. The summed E-state index contributed by atoms with van der Waals surface area (Å²) >= 11 is 0. The Morgan fingerprint density at radius 1 is 1.40 bits per heavy atom. The zero-order valence-electron chi connectivity index (χ0n) is 12.0. The van der Waals surface area contributed by atoms with Crippen molar-refractivity contribution in [1.82, 2.24) is 14.9 Å². The molecule has 4 nitrogen and oxygen atoms in total. The number of nitrogens with one attached hydrogen (secondary N) is 1. The average molecular weight is 268 g/mol. The Hall–Kier alpha value is -2.12. The highest BCUT2D eigenvalue weighted by Crippen LogP contribution is 2.17. The molecule has 2 aromatic heterocycles. The normalized spacial score (nSPS) is 12.1. The van der Waals surface area contributed by atoms with Gasteiger partial charge in [0.1, 0.15) is 11.8 Å². The van der Waals surface area contributed by atoms with Gasteiger partial charge in [0.15, 0.2) is 0 Å². The third-order valence-electron chi connectivity index (χ3n) is 3.34. The Labute approximate surface area is 120 Å². The lowest BCUT2D eigenvalue weighted by molar-refractivity contribution is 0.536. The number of hydrogen-bond donors (Lipinski definition) is 1. The summed E-state index contributed by atoms with van der Waals surface area (Å²) in [5, 5.41) is 12.3. The van der Waals surface area contributed by atoms with Gasteiger partial charge in [-0.1, -0.05) is 13.8 Å². The first-order valence-corrected chi connectivity index (χ1v) is 7.00. The summed E-state index contributed by atoms with van der Waals surface area (Å²) < 4.78 is 2.14. The van der Waals surface area contributed by atoms with Gasteiger partial charge >= 0.3 is 0 Å². The molecule has 0 aliphatic rings. The van der Waals surface area contributed by atoms with Gasteiger partial charge in [0.05, 0.1) is 0 Å². The Bertz CT molecular complexity index is 595. The van der Waals surface area contributed by atoms with Crippen LogP contribution in [0.25, 0.3) is 0 Å². The predicted molar refractivity (Wildman–Crippen MR) is 79.2 cm³/mol. The van der Waals surface area contributed by atoms with E-state index >= 15 is 0 Å². The number of rotatable bonds is 6. The molecule has 1 atom stereocenters. The van der Waals surface area contributed by atoms with Crippen molar-refractivity contribution in [2.75, 3.05) is 6.54 Å². The fourth-order valence-corrected chi connectivity index (χ4v) is 2.35. The third-order valence-corrected chi connectivity index (χ3v) is 3.34. The first kappa shape index (κ1) is 14.3. The van der Waals surface area contributed by atoms with Crippen LogP contribution < -0.4 is 5.32 Å². The van der Waals surface area contributed by atoms with E-state index in [0.717, 1.165) is 25.1 Å². The number of nitrogens with zero attached hydrogens (tertiary/aromatic N) is 3. The smallest absolute Gasteiger partial charge is 0.140 e. The minimum atomic E-state index is 0.411. The summed E-state index contributed by atoms with van der Waals surface area (Å²) in [6.45, 7) is 6.05. The summed E-state index contributed by atoms with van der Waals surface area (Å²) in [5.41, 5.74) is 2.87. The van der Waals surface area contributed by atoms with Crippen LogP contribution in [0.4, 0.5) is 0 Å². The summed E-state index contributed by atoms with van der Waals surface area (Å²) in [7, 11) is 0. The van der Waals surface area contributed by atoms with E-state index in [4.69, 9.17) is 5.26 Å². The molecule has 2 heterocycles. The zero-order valence-corrected chi connectivity index (χ0v) is 12.0. The van der Waals surface area contributed by atoms with Crippen LogP contribution in [0.1, 0.15) is 43.1 Å². The van der Waals surface area contributed by atoms with Gasteiger partial charge in [0, 0.05) is 31.2 Å². The molecule has 4 heteroatoms. The average Bonchev–Trinajstić information content (AvgIpc) is 2.93. The number of aromatic nitrogens is 2. The van der Waals surface area contributed by atoms with Crippen molar-refractivity contribution < 1.29 is 0 Å². The minimum Gasteiger partial charge on any atom is -0.350 e. The molecule has 20 heavy (non-hydrogen) atoms. The van der Waals surface area contributed by atoms with Gasteiger partial charge in [-0.15, -0.1) is 0 Å². The Morgan fingerprint density at radius 3 is 2.95 bits per heavy atom. The van der Waals surface area contributed by atoms with Gasteiger partial charge in [-0.25, -0.2) is 4.98 Å². The molecule has 0 bridgehead atoms. The summed E-state index contributed by atoms with van der Waals surface area (Å²) in [6, 6.07) is 8.42. The summed E-state index contributed by atoms with van der Waals surface area (Å²) in [6.07, 6.45) is 7.02. The standard InChI is InChI=1S/C16H20N4/c1-3-16(18-4-2)14-6-8-20(12-14)11-13-5-7-19-15(9-13)10-17/h5-9,12,16,18H,3-4,11H2,1-2H3. The first-order valence-electron chi connectivity index (χ1n) is 7.00. The van der Waals surface area contributed by atoms with Gasteiger partial charge in [0.25, 0.3) is 0 Å². The molecule has 0 aliphatic heterocycles. The van der Waals surface area contributed by atoms with Crippen molar-refractivity contribution >= 4 is 0 Å². The van der Waals surface area contributed by atoms with Crippen LogP contribution >= 0.6 is 0 Å². The van der Waals surface area contributed by atoms with Gasteiger partial charge in [-0.2, -0.15) is 5.26 Å². The monoisotopic (exact) mass is 268 g/mol. The van der Waals surface area contributed by atoms with Crippen LogP contribution in [-0.4, -0.2) is 16.1 Å². The van der Waals surface area contributed by atoms with Crippen molar-refractivity contribution in [1.29, 1.82) is 5.26 Å². The van der Waals surface area contributed by atoms with E-state index in [9.17, 15) is 0 Å². The van der Waals surface area contributed by atoms with E-state index in [0.29, 0.717) is 11.7 Å². The van der Waals surface area contributed by atoms with Gasteiger partial charge in [-0.3, -0.25) is 0 Å². The zero-order chi connectivity index (χ0) is 14.4. The minimum absolute atomic E-state index is 0.411. The van der Waals surface area contributed by atoms with E-state index in [1.54, 1.807) is 6.20 Å². The molecule has 1 unspecified atom stereocenters. The van der Waals surface area contributed by atoms with E-state index in [1.807, 2.05) is 12.1 Å². The molecular formula is C16H20N4. The molecule has 2 aromatic rings. The lowest BCUT2D eigenvalue weighted by Crippen LogP contribution is -2.19. The lowest BCUT2D eigenvalue weighted by Gasteiger charge is -2.14. The van der Waals surface area contributed by atoms with Crippen LogP contribution in [0.15, 0.2) is 36.8 Å². The second-order valence-electron chi connectivity index (χ2n) is 4.80. The molecule has 0 aromatic carbocycles. The maximum atomic E-state index is 8.87. The predicted octanol–water partition coefficient (Wildman–Crippen LogP) is 2.86. The van der Waals surface area contributed by atoms with E-state index in [2.05, 4.69) is 53.2 Å². The Kier molecular flexibility index (Phi) is 4.91. The highest BCUT2D eigenvalue weighted by molar-refractivity contribution is 5.26. The van der Waals surface area contributed by atoms with Crippen molar-refractivity contribution in [2.24, 2.45) is 0 Å². The largest absolute Gasteiger partial charge is 0.350 e. The van der Waals surface area contributed by atoms with Crippen molar-refractivity contribution in [3.05, 3.63) is 53.6 Å². The molecule has 2 rings (SSSR count). The Morgan fingerprint density at radius 2 is 2.25 bits per heavy atom. The number of hydrogen-bond acceptors (Lipinski definition) is 3. The maximum absolute atomic E-state index is 8.87. The van der Waals surface area contributed by atoms with E-state index < -0.39 is 0 Å².